The van der Waals surface area contributed by atoms with Gasteiger partial charge in [-0.05, 0) is 50.2 Å². The van der Waals surface area contributed by atoms with E-state index in [9.17, 15) is 18.0 Å². The van der Waals surface area contributed by atoms with Crippen LogP contribution in [0.4, 0.5) is 5.69 Å². The van der Waals surface area contributed by atoms with Crippen LogP contribution in [0.1, 0.15) is 24.2 Å². The third-order valence-corrected chi connectivity index (χ3v) is 6.12. The lowest BCUT2D eigenvalue weighted by molar-refractivity contribution is -0.119. The monoisotopic (exact) mass is 478 g/mol. The van der Waals surface area contributed by atoms with E-state index in [4.69, 9.17) is 39.5 Å². The highest BCUT2D eigenvalue weighted by molar-refractivity contribution is 7.89. The van der Waals surface area contributed by atoms with Crippen molar-refractivity contribution >= 4 is 62.4 Å². The first-order chi connectivity index (χ1) is 13.5. The molecule has 2 rings (SSSR count). The number of sulfonamides is 1. The quantitative estimate of drug-likeness (QED) is 0.459. The van der Waals surface area contributed by atoms with E-state index < -0.39 is 28.5 Å². The Bertz CT molecular complexity index is 1020. The van der Waals surface area contributed by atoms with Gasteiger partial charge in [0.15, 0.2) is 6.61 Å². The number of hydrogen-bond donors (Lipinski definition) is 2. The summed E-state index contributed by atoms with van der Waals surface area (Å²) in [6.07, 6.45) is 0. The zero-order chi connectivity index (χ0) is 21.8. The number of amides is 1. The Hall–Kier alpha value is -1.84. The zero-order valence-electron chi connectivity index (χ0n) is 15.3. The summed E-state index contributed by atoms with van der Waals surface area (Å²) in [5.74, 6) is -1.43. The van der Waals surface area contributed by atoms with Crippen molar-refractivity contribution in [3.8, 4) is 0 Å². The number of carbonyl (C=O) groups excluding carboxylic acids is 2. The molecule has 11 heteroatoms. The number of esters is 1. The minimum atomic E-state index is -3.67. The van der Waals surface area contributed by atoms with Gasteiger partial charge in [-0.1, -0.05) is 34.8 Å². The normalized spacial score (nSPS) is 11.4. The van der Waals surface area contributed by atoms with Gasteiger partial charge in [0.2, 0.25) is 10.0 Å². The highest BCUT2D eigenvalue weighted by Crippen LogP contribution is 2.32. The average Bonchev–Trinajstić information content (AvgIpc) is 2.63. The average molecular weight is 480 g/mol. The van der Waals surface area contributed by atoms with Crippen molar-refractivity contribution in [3.05, 3.63) is 57.0 Å². The predicted molar refractivity (Wildman–Crippen MR) is 112 cm³/mol. The Balaban J connectivity index is 1.97. The Morgan fingerprint density at radius 1 is 1.00 bits per heavy atom. The second-order valence-corrected chi connectivity index (χ2v) is 9.11. The number of rotatable bonds is 7. The summed E-state index contributed by atoms with van der Waals surface area (Å²) in [6.45, 7) is 2.81. The van der Waals surface area contributed by atoms with Crippen LogP contribution in [0.25, 0.3) is 0 Å². The van der Waals surface area contributed by atoms with Crippen molar-refractivity contribution in [1.82, 2.24) is 4.72 Å². The molecule has 1 amide bonds. The van der Waals surface area contributed by atoms with Gasteiger partial charge in [-0.2, -0.15) is 0 Å². The van der Waals surface area contributed by atoms with Gasteiger partial charge in [-0.25, -0.2) is 17.9 Å². The summed E-state index contributed by atoms with van der Waals surface area (Å²) in [4.78, 5) is 24.1. The van der Waals surface area contributed by atoms with E-state index in [0.29, 0.717) is 0 Å². The van der Waals surface area contributed by atoms with Gasteiger partial charge in [0.05, 0.1) is 31.2 Å². The lowest BCUT2D eigenvalue weighted by atomic mass is 10.2. The first-order valence-electron chi connectivity index (χ1n) is 8.23. The molecule has 0 saturated heterocycles. The Morgan fingerprint density at radius 3 is 2.17 bits per heavy atom. The molecule has 2 N–H and O–H groups in total. The minimum Gasteiger partial charge on any atom is -0.452 e. The molecule has 0 saturated carbocycles. The first-order valence-corrected chi connectivity index (χ1v) is 10.8. The standard InChI is InChI=1S/C18H17Cl3N2O5S/c1-10(2)23-29(26,27)12-5-3-11(4-6-12)18(25)28-9-17(24)22-16-8-14(20)13(19)7-15(16)21/h3-8,10,23H,9H2,1-2H3,(H,22,24). The Morgan fingerprint density at radius 2 is 1.59 bits per heavy atom. The first kappa shape index (κ1) is 23.4. The highest BCUT2D eigenvalue weighted by atomic mass is 35.5. The van der Waals surface area contributed by atoms with Gasteiger partial charge in [0, 0.05) is 6.04 Å². The third-order valence-electron chi connectivity index (χ3n) is 3.41. The molecule has 0 aliphatic heterocycles. The molecular weight excluding hydrogens is 463 g/mol. The number of hydrogen-bond acceptors (Lipinski definition) is 5. The molecule has 156 valence electrons. The second kappa shape index (κ2) is 9.77. The van der Waals surface area contributed by atoms with Crippen LogP contribution in [0.2, 0.25) is 15.1 Å². The van der Waals surface area contributed by atoms with E-state index >= 15 is 0 Å². The molecule has 0 radical (unpaired) electrons. The third kappa shape index (κ3) is 6.58. The van der Waals surface area contributed by atoms with Crippen LogP contribution in [-0.2, 0) is 19.6 Å². The predicted octanol–water partition coefficient (Wildman–Crippen LogP) is 4.13. The molecule has 0 aromatic heterocycles. The highest BCUT2D eigenvalue weighted by Gasteiger charge is 2.17. The van der Waals surface area contributed by atoms with Crippen molar-refractivity contribution in [2.75, 3.05) is 11.9 Å². The number of ether oxygens (including phenoxy) is 1. The maximum absolute atomic E-state index is 12.1. The molecule has 0 fully saturated rings. The summed E-state index contributed by atoms with van der Waals surface area (Å²) >= 11 is 17.7. The van der Waals surface area contributed by atoms with Crippen LogP contribution in [0, 0.1) is 0 Å². The van der Waals surface area contributed by atoms with Crippen LogP contribution < -0.4 is 10.0 Å². The van der Waals surface area contributed by atoms with E-state index in [2.05, 4.69) is 10.0 Å². The summed E-state index contributed by atoms with van der Waals surface area (Å²) in [5.41, 5.74) is 0.309. The summed E-state index contributed by atoms with van der Waals surface area (Å²) in [7, 11) is -3.67. The zero-order valence-corrected chi connectivity index (χ0v) is 18.4. The fourth-order valence-electron chi connectivity index (χ4n) is 2.17. The molecular formula is C18H17Cl3N2O5S. The van der Waals surface area contributed by atoms with Gasteiger partial charge in [0.1, 0.15) is 0 Å². The SMILES string of the molecule is CC(C)NS(=O)(=O)c1ccc(C(=O)OCC(=O)Nc2cc(Cl)c(Cl)cc2Cl)cc1. The van der Waals surface area contributed by atoms with Crippen LogP contribution in [0.3, 0.4) is 0 Å². The van der Waals surface area contributed by atoms with E-state index in [1.165, 1.54) is 36.4 Å². The molecule has 7 nitrogen and oxygen atoms in total. The number of anilines is 1. The molecule has 29 heavy (non-hydrogen) atoms. The van der Waals surface area contributed by atoms with Crippen LogP contribution in [0.5, 0.6) is 0 Å². The fourth-order valence-corrected chi connectivity index (χ4v) is 4.01. The number of halogens is 3. The lowest BCUT2D eigenvalue weighted by Crippen LogP contribution is -2.30. The molecule has 2 aromatic rings. The van der Waals surface area contributed by atoms with Crippen LogP contribution in [-0.4, -0.2) is 32.9 Å². The minimum absolute atomic E-state index is 0.00903. The summed E-state index contributed by atoms with van der Waals surface area (Å²) in [5, 5.41) is 3.06. The maximum atomic E-state index is 12.1. The number of benzene rings is 2. The molecule has 0 aliphatic rings. The number of nitrogens with one attached hydrogen (secondary N) is 2. The Labute approximate surface area is 183 Å². The molecule has 0 aliphatic carbocycles. The molecule has 0 atom stereocenters. The Kier molecular flexibility index (Phi) is 7.90. The molecule has 0 spiro atoms. The van der Waals surface area contributed by atoms with Crippen LogP contribution in [0.15, 0.2) is 41.3 Å². The topological polar surface area (TPSA) is 102 Å². The smallest absolute Gasteiger partial charge is 0.338 e. The lowest BCUT2D eigenvalue weighted by Gasteiger charge is -2.11. The van der Waals surface area contributed by atoms with Gasteiger partial charge in [-0.3, -0.25) is 4.79 Å². The van der Waals surface area contributed by atoms with E-state index in [1.54, 1.807) is 13.8 Å². The fraction of sp³-hybridized carbons (Fsp3) is 0.222. The van der Waals surface area contributed by atoms with Crippen LogP contribution >= 0.6 is 34.8 Å². The molecule has 0 unspecified atom stereocenters. The molecule has 0 bridgehead atoms. The summed E-state index contributed by atoms with van der Waals surface area (Å²) < 4.78 is 31.5. The van der Waals surface area contributed by atoms with Crippen molar-refractivity contribution in [1.29, 1.82) is 0 Å². The number of carbonyl (C=O) groups is 2. The maximum Gasteiger partial charge on any atom is 0.338 e. The van der Waals surface area contributed by atoms with E-state index in [0.717, 1.165) is 0 Å². The molecule has 2 aromatic carbocycles. The van der Waals surface area contributed by atoms with E-state index in [-0.39, 0.29) is 37.3 Å². The van der Waals surface area contributed by atoms with Gasteiger partial charge in [0.25, 0.3) is 5.91 Å². The van der Waals surface area contributed by atoms with Gasteiger partial charge < -0.3 is 10.1 Å². The van der Waals surface area contributed by atoms with Gasteiger partial charge >= 0.3 is 5.97 Å². The van der Waals surface area contributed by atoms with Crippen molar-refractivity contribution in [2.45, 2.75) is 24.8 Å². The van der Waals surface area contributed by atoms with Crippen molar-refractivity contribution in [2.24, 2.45) is 0 Å². The second-order valence-electron chi connectivity index (χ2n) is 6.17. The molecule has 0 heterocycles. The van der Waals surface area contributed by atoms with Gasteiger partial charge in [-0.15, -0.1) is 0 Å². The van der Waals surface area contributed by atoms with E-state index in [1.807, 2.05) is 0 Å². The van der Waals surface area contributed by atoms with Crippen molar-refractivity contribution < 1.29 is 22.7 Å². The summed E-state index contributed by atoms with van der Waals surface area (Å²) in [6, 6.07) is 7.61. The van der Waals surface area contributed by atoms with Crippen molar-refractivity contribution in [3.63, 3.8) is 0 Å². The largest absolute Gasteiger partial charge is 0.452 e.